The van der Waals surface area contributed by atoms with Crippen LogP contribution in [0.3, 0.4) is 0 Å². The van der Waals surface area contributed by atoms with Crippen LogP contribution in [-0.4, -0.2) is 44.6 Å². The van der Waals surface area contributed by atoms with Gasteiger partial charge in [-0.05, 0) is 30.3 Å². The lowest BCUT2D eigenvalue weighted by atomic mass is 10.0. The normalized spacial score (nSPS) is 17.6. The van der Waals surface area contributed by atoms with E-state index >= 15 is 0 Å². The summed E-state index contributed by atoms with van der Waals surface area (Å²) in [6.45, 7) is 0.955. The number of aromatic nitrogens is 1. The van der Waals surface area contributed by atoms with Crippen LogP contribution in [0.25, 0.3) is 0 Å². The van der Waals surface area contributed by atoms with Gasteiger partial charge in [0.15, 0.2) is 6.23 Å². The fourth-order valence-corrected chi connectivity index (χ4v) is 3.08. The van der Waals surface area contributed by atoms with Gasteiger partial charge in [0.05, 0.1) is 19.4 Å². The maximum Gasteiger partial charge on any atom is 0.315 e. The number of hydrogen-bond donors (Lipinski definition) is 1. The molecule has 0 aliphatic carbocycles. The number of nitrogens with zero attached hydrogens (tertiary/aromatic N) is 2. The molecule has 0 spiro atoms. The summed E-state index contributed by atoms with van der Waals surface area (Å²) in [6, 6.07) is 11.1. The van der Waals surface area contributed by atoms with E-state index in [-0.39, 0.29) is 12.8 Å². The molecule has 144 valence electrons. The molecule has 0 radical (unpaired) electrons. The summed E-state index contributed by atoms with van der Waals surface area (Å²) >= 11 is 5.94. The molecule has 7 nitrogen and oxygen atoms in total. The number of benzene rings is 1. The molecule has 3 rings (SSSR count). The van der Waals surface area contributed by atoms with Crippen molar-refractivity contribution in [1.29, 1.82) is 0 Å². The maximum atomic E-state index is 12.1. The molecule has 1 aliphatic rings. The number of carbonyl (C=O) groups excluding carboxylic acids is 1. The Kier molecular flexibility index (Phi) is 6.49. The van der Waals surface area contributed by atoms with E-state index in [0.717, 1.165) is 18.7 Å². The lowest BCUT2D eigenvalue weighted by Gasteiger charge is -2.22. The summed E-state index contributed by atoms with van der Waals surface area (Å²) in [5.74, 6) is -0.602. The van der Waals surface area contributed by atoms with E-state index in [2.05, 4.69) is 10.4 Å². The molecule has 2 aromatic rings. The third-order valence-electron chi connectivity index (χ3n) is 4.30. The lowest BCUT2D eigenvalue weighted by molar-refractivity contribution is -0.143. The highest BCUT2D eigenvalue weighted by Gasteiger charge is 2.29. The van der Waals surface area contributed by atoms with E-state index in [4.69, 9.17) is 25.8 Å². The molecule has 1 aromatic carbocycles. The SMILES string of the molecule is COCC(C(=O)OC)c1cccnc1OC1CCN(c2ccc(Cl)cc2)N1. The minimum Gasteiger partial charge on any atom is -0.468 e. The Balaban J connectivity index is 1.73. The summed E-state index contributed by atoms with van der Waals surface area (Å²) in [5.41, 5.74) is 4.93. The van der Waals surface area contributed by atoms with Crippen molar-refractivity contribution in [2.75, 3.05) is 32.4 Å². The molecule has 1 fully saturated rings. The van der Waals surface area contributed by atoms with Crippen LogP contribution < -0.4 is 15.2 Å². The van der Waals surface area contributed by atoms with E-state index in [1.54, 1.807) is 18.3 Å². The van der Waals surface area contributed by atoms with Crippen molar-refractivity contribution >= 4 is 23.3 Å². The van der Waals surface area contributed by atoms with Crippen LogP contribution in [0.5, 0.6) is 5.88 Å². The Bertz CT molecular complexity index is 772. The minimum atomic E-state index is -0.600. The van der Waals surface area contributed by atoms with Crippen molar-refractivity contribution in [3.05, 3.63) is 53.2 Å². The van der Waals surface area contributed by atoms with Gasteiger partial charge in [0, 0.05) is 36.9 Å². The topological polar surface area (TPSA) is 72.9 Å². The fraction of sp³-hybridized carbons (Fsp3) is 0.368. The van der Waals surface area contributed by atoms with Crippen LogP contribution >= 0.6 is 11.6 Å². The average Bonchev–Trinajstić information content (AvgIpc) is 3.15. The van der Waals surface area contributed by atoms with Gasteiger partial charge < -0.3 is 19.2 Å². The molecule has 2 atom stereocenters. The van der Waals surface area contributed by atoms with Gasteiger partial charge in [0.25, 0.3) is 0 Å². The number of pyridine rings is 1. The zero-order valence-electron chi connectivity index (χ0n) is 15.2. The Morgan fingerprint density at radius 2 is 2.11 bits per heavy atom. The van der Waals surface area contributed by atoms with Gasteiger partial charge in [-0.3, -0.25) is 4.79 Å². The van der Waals surface area contributed by atoms with Gasteiger partial charge in [-0.25, -0.2) is 4.98 Å². The van der Waals surface area contributed by atoms with Crippen LogP contribution in [0.15, 0.2) is 42.6 Å². The summed E-state index contributed by atoms with van der Waals surface area (Å²) in [7, 11) is 2.89. The lowest BCUT2D eigenvalue weighted by Crippen LogP contribution is -2.38. The molecule has 0 saturated carbocycles. The van der Waals surface area contributed by atoms with E-state index in [9.17, 15) is 4.79 Å². The Morgan fingerprint density at radius 3 is 2.81 bits per heavy atom. The second-order valence-corrected chi connectivity index (χ2v) is 6.52. The van der Waals surface area contributed by atoms with E-state index in [1.807, 2.05) is 29.3 Å². The van der Waals surface area contributed by atoms with Crippen LogP contribution in [0.1, 0.15) is 17.9 Å². The highest BCUT2D eigenvalue weighted by Crippen LogP contribution is 2.28. The largest absolute Gasteiger partial charge is 0.468 e. The van der Waals surface area contributed by atoms with Crippen LogP contribution in [0, 0.1) is 0 Å². The summed E-state index contributed by atoms with van der Waals surface area (Å²) < 4.78 is 16.1. The number of nitrogens with one attached hydrogen (secondary N) is 1. The number of methoxy groups -OCH3 is 2. The van der Waals surface area contributed by atoms with Crippen molar-refractivity contribution in [3.8, 4) is 5.88 Å². The smallest absolute Gasteiger partial charge is 0.315 e. The fourth-order valence-electron chi connectivity index (χ4n) is 2.95. The van der Waals surface area contributed by atoms with Gasteiger partial charge >= 0.3 is 5.97 Å². The standard InChI is InChI=1S/C19H22ClN3O4/c1-25-12-16(19(24)26-2)15-4-3-10-21-18(15)27-17-9-11-23(22-17)14-7-5-13(20)6-8-14/h3-8,10,16-17,22H,9,11-12H2,1-2H3. The first-order valence-corrected chi connectivity index (χ1v) is 8.97. The van der Waals surface area contributed by atoms with Crippen molar-refractivity contribution in [1.82, 2.24) is 10.4 Å². The van der Waals surface area contributed by atoms with Crippen molar-refractivity contribution in [3.63, 3.8) is 0 Å². The van der Waals surface area contributed by atoms with E-state index < -0.39 is 11.9 Å². The van der Waals surface area contributed by atoms with E-state index in [0.29, 0.717) is 16.5 Å². The number of ether oxygens (including phenoxy) is 3. The zero-order valence-corrected chi connectivity index (χ0v) is 16.0. The van der Waals surface area contributed by atoms with Crippen molar-refractivity contribution < 1.29 is 19.0 Å². The van der Waals surface area contributed by atoms with Crippen molar-refractivity contribution in [2.24, 2.45) is 0 Å². The summed E-state index contributed by atoms with van der Waals surface area (Å²) in [6.07, 6.45) is 2.12. The molecule has 1 aliphatic heterocycles. The maximum absolute atomic E-state index is 12.1. The number of esters is 1. The first-order chi connectivity index (χ1) is 13.1. The van der Waals surface area contributed by atoms with Gasteiger partial charge in [0.1, 0.15) is 5.92 Å². The minimum absolute atomic E-state index is 0.184. The quantitative estimate of drug-likeness (QED) is 0.727. The van der Waals surface area contributed by atoms with Gasteiger partial charge in [0.2, 0.25) is 5.88 Å². The molecule has 0 bridgehead atoms. The first-order valence-electron chi connectivity index (χ1n) is 8.60. The predicted molar refractivity (Wildman–Crippen MR) is 102 cm³/mol. The highest BCUT2D eigenvalue weighted by atomic mass is 35.5. The molecule has 1 aromatic heterocycles. The Morgan fingerprint density at radius 1 is 1.33 bits per heavy atom. The Labute approximate surface area is 163 Å². The molecule has 8 heteroatoms. The van der Waals surface area contributed by atoms with Crippen LogP contribution in [-0.2, 0) is 14.3 Å². The molecule has 1 saturated heterocycles. The number of halogens is 1. The van der Waals surface area contributed by atoms with Gasteiger partial charge in [-0.2, -0.15) is 5.43 Å². The van der Waals surface area contributed by atoms with Crippen LogP contribution in [0.2, 0.25) is 5.02 Å². The Hall–Kier alpha value is -2.35. The van der Waals surface area contributed by atoms with Gasteiger partial charge in [-0.1, -0.05) is 17.7 Å². The first kappa shape index (κ1) is 19.4. The zero-order chi connectivity index (χ0) is 19.2. The molecular weight excluding hydrogens is 370 g/mol. The predicted octanol–water partition coefficient (Wildman–Crippen LogP) is 2.76. The third-order valence-corrected chi connectivity index (χ3v) is 4.55. The third kappa shape index (κ3) is 4.68. The number of hydrazine groups is 1. The molecule has 2 heterocycles. The molecule has 0 amide bonds. The molecule has 1 N–H and O–H groups in total. The van der Waals surface area contributed by atoms with Crippen LogP contribution in [0.4, 0.5) is 5.69 Å². The number of rotatable bonds is 7. The second kappa shape index (κ2) is 9.03. The number of carbonyl (C=O) groups is 1. The number of hydrogen-bond acceptors (Lipinski definition) is 7. The monoisotopic (exact) mass is 391 g/mol. The molecular formula is C19H22ClN3O4. The summed E-state index contributed by atoms with van der Waals surface area (Å²) in [5, 5.41) is 2.69. The average molecular weight is 392 g/mol. The van der Waals surface area contributed by atoms with Crippen molar-refractivity contribution in [2.45, 2.75) is 18.6 Å². The molecule has 27 heavy (non-hydrogen) atoms. The molecule has 2 unspecified atom stereocenters. The van der Waals surface area contributed by atoms with Gasteiger partial charge in [-0.15, -0.1) is 0 Å². The second-order valence-electron chi connectivity index (χ2n) is 6.08. The van der Waals surface area contributed by atoms with E-state index in [1.165, 1.54) is 14.2 Å². The highest BCUT2D eigenvalue weighted by molar-refractivity contribution is 6.30. The number of anilines is 1. The summed E-state index contributed by atoms with van der Waals surface area (Å²) in [4.78, 5) is 16.4.